The van der Waals surface area contributed by atoms with Crippen molar-refractivity contribution in [1.29, 1.82) is 0 Å². The number of nitrogens with zero attached hydrogens (tertiary/aromatic N) is 4. The quantitative estimate of drug-likeness (QED) is 0.441. The van der Waals surface area contributed by atoms with E-state index in [4.69, 9.17) is 11.6 Å². The molecule has 0 bridgehead atoms. The summed E-state index contributed by atoms with van der Waals surface area (Å²) in [4.78, 5) is 17.7. The molecule has 8 nitrogen and oxygen atoms in total. The monoisotopic (exact) mass is 529 g/mol. The zero-order valence-corrected chi connectivity index (χ0v) is 22.3. The Morgan fingerprint density at radius 3 is 2.51 bits per heavy atom. The van der Waals surface area contributed by atoms with Gasteiger partial charge in [-0.3, -0.25) is 9.48 Å². The van der Waals surface area contributed by atoms with Crippen molar-refractivity contribution in [3.8, 4) is 0 Å². The number of nitrogens with one attached hydrogen (secondary N) is 1. The minimum Gasteiger partial charge on any atom is -0.389 e. The topological polar surface area (TPSA) is 105 Å². The number of fused-ring (bicyclic) bond motifs is 1. The highest BCUT2D eigenvalue weighted by atomic mass is 35.5. The van der Waals surface area contributed by atoms with Gasteiger partial charge in [-0.2, -0.15) is 5.10 Å². The predicted molar refractivity (Wildman–Crippen MR) is 138 cm³/mol. The lowest BCUT2D eigenvalue weighted by Gasteiger charge is -2.24. The Bertz CT molecular complexity index is 1330. The molecular formula is C27H33ClFN5O3. The Morgan fingerprint density at radius 2 is 1.92 bits per heavy atom. The van der Waals surface area contributed by atoms with E-state index in [0.717, 1.165) is 24.2 Å². The van der Waals surface area contributed by atoms with Crippen molar-refractivity contribution in [3.63, 3.8) is 0 Å². The van der Waals surface area contributed by atoms with E-state index < -0.39 is 17.0 Å². The molecule has 198 valence electrons. The van der Waals surface area contributed by atoms with Crippen LogP contribution in [0, 0.1) is 17.7 Å². The highest BCUT2D eigenvalue weighted by Crippen LogP contribution is 2.54. The molecular weight excluding hydrogens is 497 g/mol. The van der Waals surface area contributed by atoms with Gasteiger partial charge in [-0.1, -0.05) is 11.6 Å². The molecule has 3 N–H and O–H groups in total. The molecule has 37 heavy (non-hydrogen) atoms. The first-order chi connectivity index (χ1) is 17.3. The number of benzene rings is 1. The number of hydrogen-bond donors (Lipinski definition) is 3. The van der Waals surface area contributed by atoms with Crippen LogP contribution in [0.3, 0.4) is 0 Å². The van der Waals surface area contributed by atoms with E-state index >= 15 is 0 Å². The minimum absolute atomic E-state index is 0.0545. The molecule has 2 heterocycles. The van der Waals surface area contributed by atoms with E-state index in [-0.39, 0.29) is 16.8 Å². The van der Waals surface area contributed by atoms with Gasteiger partial charge in [0.25, 0.3) is 5.91 Å². The highest BCUT2D eigenvalue weighted by Gasteiger charge is 2.50. The average Bonchev–Trinajstić information content (AvgIpc) is 3.52. The first-order valence-corrected chi connectivity index (χ1v) is 13.0. The molecule has 2 unspecified atom stereocenters. The first-order valence-electron chi connectivity index (χ1n) is 12.6. The van der Waals surface area contributed by atoms with Gasteiger partial charge in [0.2, 0.25) is 0 Å². The maximum atomic E-state index is 13.5. The molecule has 3 aromatic rings. The zero-order chi connectivity index (χ0) is 26.7. The molecule has 2 fully saturated rings. The highest BCUT2D eigenvalue weighted by molar-refractivity contribution is 6.31. The van der Waals surface area contributed by atoms with E-state index in [9.17, 15) is 19.4 Å². The number of anilines is 1. The molecule has 5 rings (SSSR count). The largest absolute Gasteiger partial charge is 0.389 e. The summed E-state index contributed by atoms with van der Waals surface area (Å²) in [6, 6.07) is 5.96. The molecule has 2 saturated carbocycles. The third kappa shape index (κ3) is 5.04. The van der Waals surface area contributed by atoms with Crippen LogP contribution in [0.25, 0.3) is 0 Å². The van der Waals surface area contributed by atoms with Gasteiger partial charge in [0.05, 0.1) is 34.0 Å². The van der Waals surface area contributed by atoms with Gasteiger partial charge in [0.15, 0.2) is 0 Å². The van der Waals surface area contributed by atoms with Crippen LogP contribution in [0.2, 0.25) is 5.02 Å². The molecule has 0 radical (unpaired) electrons. The van der Waals surface area contributed by atoms with Gasteiger partial charge >= 0.3 is 0 Å². The molecule has 1 aromatic carbocycles. The second kappa shape index (κ2) is 9.22. The lowest BCUT2D eigenvalue weighted by Crippen LogP contribution is -2.29. The fourth-order valence-electron chi connectivity index (χ4n) is 6.45. The van der Waals surface area contributed by atoms with Gasteiger partial charge in [0, 0.05) is 32.1 Å². The van der Waals surface area contributed by atoms with Crippen LogP contribution in [0.15, 0.2) is 30.6 Å². The van der Waals surface area contributed by atoms with Crippen LogP contribution in [0.5, 0.6) is 0 Å². The summed E-state index contributed by atoms with van der Waals surface area (Å²) in [6.45, 7) is 3.45. The molecule has 0 saturated heterocycles. The Morgan fingerprint density at radius 1 is 1.24 bits per heavy atom. The number of imidazole rings is 1. The number of aliphatic hydroxyl groups is 2. The minimum atomic E-state index is -1.00. The van der Waals surface area contributed by atoms with Crippen molar-refractivity contribution < 1.29 is 19.4 Å². The van der Waals surface area contributed by atoms with Gasteiger partial charge in [0.1, 0.15) is 17.1 Å². The number of aromatic nitrogens is 4. The average molecular weight is 530 g/mol. The van der Waals surface area contributed by atoms with Crippen molar-refractivity contribution in [3.05, 3.63) is 64.2 Å². The number of carbonyl (C=O) groups is 1. The van der Waals surface area contributed by atoms with Crippen molar-refractivity contribution in [2.24, 2.45) is 25.9 Å². The Balaban J connectivity index is 1.27. The molecule has 0 spiro atoms. The third-order valence-corrected chi connectivity index (χ3v) is 8.23. The smallest absolute Gasteiger partial charge is 0.274 e. The first kappa shape index (κ1) is 25.9. The number of halogens is 2. The maximum Gasteiger partial charge on any atom is 0.274 e. The summed E-state index contributed by atoms with van der Waals surface area (Å²) in [5.41, 5.74) is 1.31. The second-order valence-electron chi connectivity index (χ2n) is 11.4. The SMILES string of the molecule is Cn1cnc(C2CC3CC(O)(Cc4cc(C(C)(C)O)n(C)n4)CC3C2)c1C(=O)Nc1ccc(F)c(Cl)c1. The second-order valence-corrected chi connectivity index (χ2v) is 11.8. The molecule has 0 aliphatic heterocycles. The fraction of sp³-hybridized carbons (Fsp3) is 0.519. The summed E-state index contributed by atoms with van der Waals surface area (Å²) in [5, 5.41) is 29.1. The van der Waals surface area contributed by atoms with Crippen molar-refractivity contribution in [2.75, 3.05) is 5.32 Å². The van der Waals surface area contributed by atoms with E-state index in [1.165, 1.54) is 18.2 Å². The van der Waals surface area contributed by atoms with E-state index in [2.05, 4.69) is 15.4 Å². The number of aryl methyl sites for hydroxylation is 2. The van der Waals surface area contributed by atoms with Gasteiger partial charge in [-0.25, -0.2) is 9.37 Å². The van der Waals surface area contributed by atoms with E-state index in [1.54, 1.807) is 43.5 Å². The van der Waals surface area contributed by atoms with Gasteiger partial charge in [-0.05, 0) is 75.6 Å². The van der Waals surface area contributed by atoms with Gasteiger partial charge in [-0.15, -0.1) is 0 Å². The lowest BCUT2D eigenvalue weighted by molar-refractivity contribution is 0.0374. The zero-order valence-electron chi connectivity index (χ0n) is 21.5. The van der Waals surface area contributed by atoms with Crippen LogP contribution in [-0.4, -0.2) is 41.1 Å². The van der Waals surface area contributed by atoms with Crippen LogP contribution in [0.4, 0.5) is 10.1 Å². The Labute approximate surface area is 220 Å². The summed E-state index contributed by atoms with van der Waals surface area (Å²) < 4.78 is 16.9. The summed E-state index contributed by atoms with van der Waals surface area (Å²) in [7, 11) is 3.59. The third-order valence-electron chi connectivity index (χ3n) is 7.94. The standard InChI is InChI=1S/C27H33ClFN5O3/c1-26(2,36)22-10-19(32-34(22)4)13-27(37)11-16-7-15(8-17(16)12-27)23-24(33(3)14-30-23)25(35)31-18-5-6-21(29)20(28)9-18/h5-6,9-10,14-17,36-37H,7-8,11-13H2,1-4H3,(H,31,35). The van der Waals surface area contributed by atoms with Crippen molar-refractivity contribution >= 4 is 23.2 Å². The molecule has 2 aromatic heterocycles. The molecule has 1 amide bonds. The molecule has 10 heteroatoms. The van der Waals surface area contributed by atoms with Crippen molar-refractivity contribution in [2.45, 2.75) is 63.1 Å². The van der Waals surface area contributed by atoms with Crippen molar-refractivity contribution in [1.82, 2.24) is 19.3 Å². The molecule has 2 atom stereocenters. The van der Waals surface area contributed by atoms with Crippen LogP contribution in [0.1, 0.15) is 73.0 Å². The van der Waals surface area contributed by atoms with Crippen LogP contribution in [-0.2, 0) is 26.1 Å². The molecule has 2 aliphatic carbocycles. The number of rotatable bonds is 6. The van der Waals surface area contributed by atoms with Gasteiger partial charge < -0.3 is 20.1 Å². The maximum absolute atomic E-state index is 13.5. The van der Waals surface area contributed by atoms with E-state index in [0.29, 0.717) is 48.2 Å². The lowest BCUT2D eigenvalue weighted by atomic mass is 9.89. The summed E-state index contributed by atoms with van der Waals surface area (Å²) >= 11 is 5.87. The number of amides is 1. The molecule has 2 aliphatic rings. The normalized spacial score (nSPS) is 25.5. The number of hydrogen-bond acceptors (Lipinski definition) is 5. The summed E-state index contributed by atoms with van der Waals surface area (Å²) in [5.74, 6) is -0.0689. The van der Waals surface area contributed by atoms with E-state index in [1.807, 2.05) is 6.07 Å². The van der Waals surface area contributed by atoms with Crippen LogP contribution < -0.4 is 5.32 Å². The number of carbonyl (C=O) groups excluding carboxylic acids is 1. The Kier molecular flexibility index (Phi) is 6.45. The summed E-state index contributed by atoms with van der Waals surface area (Å²) in [6.07, 6.45) is 5.14. The van der Waals surface area contributed by atoms with Crippen LogP contribution >= 0.6 is 11.6 Å². The predicted octanol–water partition coefficient (Wildman–Crippen LogP) is 4.30. The Hall–Kier alpha value is -2.75. The fourth-order valence-corrected chi connectivity index (χ4v) is 6.63.